The molecule has 0 radical (unpaired) electrons. The predicted octanol–water partition coefficient (Wildman–Crippen LogP) is 1.40. The molecule has 2 aliphatic heterocycles. The molecule has 2 aliphatic rings. The van der Waals surface area contributed by atoms with Gasteiger partial charge in [-0.1, -0.05) is 18.2 Å². The van der Waals surface area contributed by atoms with E-state index in [4.69, 9.17) is 0 Å². The minimum Gasteiger partial charge on any atom is -0.343 e. The molecule has 0 bridgehead atoms. The van der Waals surface area contributed by atoms with Crippen molar-refractivity contribution in [2.45, 2.75) is 30.6 Å². The first-order chi connectivity index (χ1) is 12.1. The number of nitrogens with zero attached hydrogens (tertiary/aromatic N) is 3. The van der Waals surface area contributed by atoms with E-state index in [0.29, 0.717) is 44.0 Å². The Labute approximate surface area is 150 Å². The van der Waals surface area contributed by atoms with E-state index in [2.05, 4.69) is 4.90 Å². The number of carbonyl (C=O) groups is 1. The van der Waals surface area contributed by atoms with Gasteiger partial charge < -0.3 is 9.80 Å². The van der Waals surface area contributed by atoms with Crippen molar-refractivity contribution < 1.29 is 13.2 Å². The quantitative estimate of drug-likeness (QED) is 0.791. The van der Waals surface area contributed by atoms with Crippen LogP contribution in [0.1, 0.15) is 25.7 Å². The summed E-state index contributed by atoms with van der Waals surface area (Å²) >= 11 is 0. The van der Waals surface area contributed by atoms with Crippen LogP contribution in [-0.4, -0.2) is 74.2 Å². The average Bonchev–Trinajstić information content (AvgIpc) is 2.68. The van der Waals surface area contributed by atoms with Crippen LogP contribution in [0.15, 0.2) is 35.2 Å². The van der Waals surface area contributed by atoms with Gasteiger partial charge in [0.05, 0.1) is 4.90 Å². The molecule has 6 nitrogen and oxygen atoms in total. The van der Waals surface area contributed by atoms with Crippen molar-refractivity contribution in [3.05, 3.63) is 30.3 Å². The van der Waals surface area contributed by atoms with Crippen LogP contribution < -0.4 is 0 Å². The zero-order valence-electron chi connectivity index (χ0n) is 14.6. The highest BCUT2D eigenvalue weighted by Gasteiger charge is 2.28. The van der Waals surface area contributed by atoms with Crippen molar-refractivity contribution in [2.75, 3.05) is 45.8 Å². The van der Waals surface area contributed by atoms with E-state index in [1.54, 1.807) is 28.6 Å². The van der Waals surface area contributed by atoms with E-state index in [1.807, 2.05) is 11.0 Å². The Balaban J connectivity index is 1.46. The number of piperazine rings is 1. The van der Waals surface area contributed by atoms with E-state index in [-0.39, 0.29) is 5.91 Å². The van der Waals surface area contributed by atoms with Gasteiger partial charge in [-0.3, -0.25) is 4.79 Å². The number of rotatable bonds is 5. The third-order valence-electron chi connectivity index (χ3n) is 5.06. The van der Waals surface area contributed by atoms with Crippen LogP contribution in [0, 0.1) is 0 Å². The Hall–Kier alpha value is -1.44. The molecule has 7 heteroatoms. The van der Waals surface area contributed by atoms with Gasteiger partial charge in [0.15, 0.2) is 0 Å². The lowest BCUT2D eigenvalue weighted by molar-refractivity contribution is -0.132. The van der Waals surface area contributed by atoms with Crippen LogP contribution in [0.4, 0.5) is 0 Å². The third kappa shape index (κ3) is 4.59. The monoisotopic (exact) mass is 365 g/mol. The van der Waals surface area contributed by atoms with Gasteiger partial charge in [0.25, 0.3) is 0 Å². The second-order valence-electron chi connectivity index (χ2n) is 6.75. The summed E-state index contributed by atoms with van der Waals surface area (Å²) in [6.45, 7) is 4.82. The maximum atomic E-state index is 12.6. The zero-order chi connectivity index (χ0) is 17.7. The van der Waals surface area contributed by atoms with Gasteiger partial charge in [-0.15, -0.1) is 0 Å². The summed E-state index contributed by atoms with van der Waals surface area (Å²) in [5.74, 6) is 0.235. The SMILES string of the molecule is O=C(CCN1CCN(S(=O)(=O)c2ccccc2)CC1)N1CCCCC1. The highest BCUT2D eigenvalue weighted by Crippen LogP contribution is 2.17. The van der Waals surface area contributed by atoms with Crippen LogP contribution in [0.5, 0.6) is 0 Å². The molecule has 0 aliphatic carbocycles. The number of likely N-dealkylation sites (tertiary alicyclic amines) is 1. The zero-order valence-corrected chi connectivity index (χ0v) is 15.5. The van der Waals surface area contributed by atoms with Crippen molar-refractivity contribution >= 4 is 15.9 Å². The van der Waals surface area contributed by atoms with Gasteiger partial charge >= 0.3 is 0 Å². The van der Waals surface area contributed by atoms with Crippen molar-refractivity contribution in [2.24, 2.45) is 0 Å². The van der Waals surface area contributed by atoms with Gasteiger partial charge in [0, 0.05) is 52.2 Å². The molecule has 1 aromatic rings. The summed E-state index contributed by atoms with van der Waals surface area (Å²) in [5, 5.41) is 0. The number of sulfonamides is 1. The molecule has 3 rings (SSSR count). The maximum absolute atomic E-state index is 12.6. The summed E-state index contributed by atoms with van der Waals surface area (Å²) in [7, 11) is -3.40. The lowest BCUT2D eigenvalue weighted by Crippen LogP contribution is -2.49. The number of carbonyl (C=O) groups excluding carboxylic acids is 1. The van der Waals surface area contributed by atoms with E-state index in [9.17, 15) is 13.2 Å². The van der Waals surface area contributed by atoms with Crippen molar-refractivity contribution in [3.8, 4) is 0 Å². The van der Waals surface area contributed by atoms with Crippen LogP contribution in [0.2, 0.25) is 0 Å². The first kappa shape index (κ1) is 18.4. The minimum absolute atomic E-state index is 0.235. The Bertz CT molecular complexity index is 664. The average molecular weight is 365 g/mol. The molecule has 138 valence electrons. The van der Waals surface area contributed by atoms with Gasteiger partial charge in [0.1, 0.15) is 0 Å². The summed E-state index contributed by atoms with van der Waals surface area (Å²) < 4.78 is 26.8. The van der Waals surface area contributed by atoms with Gasteiger partial charge in [-0.2, -0.15) is 4.31 Å². The van der Waals surface area contributed by atoms with Crippen LogP contribution >= 0.6 is 0 Å². The van der Waals surface area contributed by atoms with Gasteiger partial charge in [-0.05, 0) is 31.4 Å². The van der Waals surface area contributed by atoms with Gasteiger partial charge in [-0.25, -0.2) is 8.42 Å². The first-order valence-corrected chi connectivity index (χ1v) is 10.6. The smallest absolute Gasteiger partial charge is 0.243 e. The summed E-state index contributed by atoms with van der Waals surface area (Å²) in [6.07, 6.45) is 3.98. The second-order valence-corrected chi connectivity index (χ2v) is 8.69. The first-order valence-electron chi connectivity index (χ1n) is 9.13. The van der Waals surface area contributed by atoms with Gasteiger partial charge in [0.2, 0.25) is 15.9 Å². The number of hydrogen-bond acceptors (Lipinski definition) is 4. The molecule has 25 heavy (non-hydrogen) atoms. The summed E-state index contributed by atoms with van der Waals surface area (Å²) in [4.78, 5) is 16.8. The number of benzene rings is 1. The summed E-state index contributed by atoms with van der Waals surface area (Å²) in [6, 6.07) is 8.58. The Morgan fingerprint density at radius 3 is 2.16 bits per heavy atom. The fraction of sp³-hybridized carbons (Fsp3) is 0.611. The highest BCUT2D eigenvalue weighted by molar-refractivity contribution is 7.89. The molecule has 0 unspecified atom stereocenters. The second kappa shape index (κ2) is 8.29. The lowest BCUT2D eigenvalue weighted by atomic mass is 10.1. The van der Waals surface area contributed by atoms with E-state index >= 15 is 0 Å². The molecular weight excluding hydrogens is 338 g/mol. The van der Waals surface area contributed by atoms with E-state index in [0.717, 1.165) is 25.9 Å². The fourth-order valence-electron chi connectivity index (χ4n) is 3.49. The largest absolute Gasteiger partial charge is 0.343 e. The molecule has 0 spiro atoms. The Morgan fingerprint density at radius 1 is 0.880 bits per heavy atom. The van der Waals surface area contributed by atoms with Crippen LogP contribution in [0.25, 0.3) is 0 Å². The normalized spacial score (nSPS) is 20.6. The molecule has 2 saturated heterocycles. The highest BCUT2D eigenvalue weighted by atomic mass is 32.2. The molecule has 2 heterocycles. The molecular formula is C18H27N3O3S. The molecule has 0 atom stereocenters. The lowest BCUT2D eigenvalue weighted by Gasteiger charge is -2.34. The fourth-order valence-corrected chi connectivity index (χ4v) is 4.93. The molecule has 0 saturated carbocycles. The van der Waals surface area contributed by atoms with E-state index in [1.165, 1.54) is 6.42 Å². The molecule has 0 aromatic heterocycles. The number of amides is 1. The molecule has 2 fully saturated rings. The third-order valence-corrected chi connectivity index (χ3v) is 6.98. The van der Waals surface area contributed by atoms with Crippen molar-refractivity contribution in [3.63, 3.8) is 0 Å². The molecule has 0 N–H and O–H groups in total. The molecule has 1 aromatic carbocycles. The Morgan fingerprint density at radius 2 is 1.52 bits per heavy atom. The minimum atomic E-state index is -3.40. The molecule has 1 amide bonds. The number of piperidine rings is 1. The van der Waals surface area contributed by atoms with Crippen LogP contribution in [0.3, 0.4) is 0 Å². The maximum Gasteiger partial charge on any atom is 0.243 e. The standard InChI is InChI=1S/C18H27N3O3S/c22-18(20-10-5-2-6-11-20)9-12-19-13-15-21(16-14-19)25(23,24)17-7-3-1-4-8-17/h1,3-4,7-8H,2,5-6,9-16H2. The number of hydrogen-bond donors (Lipinski definition) is 0. The van der Waals surface area contributed by atoms with E-state index < -0.39 is 10.0 Å². The topological polar surface area (TPSA) is 60.9 Å². The predicted molar refractivity (Wildman–Crippen MR) is 96.7 cm³/mol. The Kier molecular flexibility index (Phi) is 6.09. The van der Waals surface area contributed by atoms with Crippen LogP contribution in [-0.2, 0) is 14.8 Å². The van der Waals surface area contributed by atoms with Crippen molar-refractivity contribution in [1.82, 2.24) is 14.1 Å². The summed E-state index contributed by atoms with van der Waals surface area (Å²) in [5.41, 5.74) is 0. The van der Waals surface area contributed by atoms with Crippen molar-refractivity contribution in [1.29, 1.82) is 0 Å².